The summed E-state index contributed by atoms with van der Waals surface area (Å²) in [5.74, 6) is -9.11. The van der Waals surface area contributed by atoms with Gasteiger partial charge in [-0.05, 0) is 140 Å². The molecule has 31 nitrogen and oxygen atoms in total. The Balaban J connectivity index is 1.11. The van der Waals surface area contributed by atoms with Crippen molar-refractivity contribution in [2.75, 3.05) is 26.2 Å². The van der Waals surface area contributed by atoms with Gasteiger partial charge in [0.2, 0.25) is 70.9 Å². The van der Waals surface area contributed by atoms with E-state index in [-0.39, 0.29) is 82.9 Å². The zero-order valence-electron chi connectivity index (χ0n) is 59.6. The highest BCUT2D eigenvalue weighted by Gasteiger charge is 2.44. The fourth-order valence-electron chi connectivity index (χ4n) is 12.9. The summed E-state index contributed by atoms with van der Waals surface area (Å²) in [6, 6.07) is 12.0. The average Bonchev–Trinajstić information content (AvgIpc) is 1.69. The SMILES string of the molecule is CC(C)C[C@H](NC(=O)C(C)(C)NC(=O)[C@@H](Cc1c[nH]c2ccccc12)NC(=O)[C@H](Cc1ccccc1)NC(=O)[C@@H](Cc1c[nH]c2ccccc12)NC(=O)[C@H](CCC(N)=O)NC(=O)C(C)(C)NC(=O)[C@@H]1CCCN1C(=O)[C@H](CCCCN)NC(=O)[C@@H]1CCCN1C(=O)[C@H](N)CCCN=C(N)N)C(N)=O. The summed E-state index contributed by atoms with van der Waals surface area (Å²) in [4.78, 5) is 183. The van der Waals surface area contributed by atoms with Crippen LogP contribution in [0.5, 0.6) is 0 Å². The van der Waals surface area contributed by atoms with Gasteiger partial charge in [-0.3, -0.25) is 62.5 Å². The molecular weight excluding hydrogens is 1320 g/mol. The first-order valence-electron chi connectivity index (χ1n) is 35.2. The van der Waals surface area contributed by atoms with Crippen LogP contribution in [0.15, 0.2) is 96.2 Å². The molecule has 2 saturated heterocycles. The lowest BCUT2D eigenvalue weighted by atomic mass is 9.98. The van der Waals surface area contributed by atoms with E-state index in [9.17, 15) is 47.9 Å². The number of carbonyl (C=O) groups excluding carboxylic acids is 12. The highest BCUT2D eigenvalue weighted by molar-refractivity contribution is 6.01. The third-order valence-corrected chi connectivity index (χ3v) is 18.6. The van der Waals surface area contributed by atoms with Crippen molar-refractivity contribution in [3.8, 4) is 0 Å². The molecule has 7 rings (SSSR count). The van der Waals surface area contributed by atoms with Crippen molar-refractivity contribution in [3.05, 3.63) is 108 Å². The first-order chi connectivity index (χ1) is 48.9. The predicted octanol–water partition coefficient (Wildman–Crippen LogP) is -0.336. The molecule has 31 heteroatoms. The number of nitrogens with one attached hydrogen (secondary N) is 10. The second-order valence-electron chi connectivity index (χ2n) is 28.1. The van der Waals surface area contributed by atoms with Crippen molar-refractivity contribution in [3.63, 3.8) is 0 Å². The number of carbonyl (C=O) groups is 12. The molecule has 0 spiro atoms. The van der Waals surface area contributed by atoms with Crippen LogP contribution in [0, 0.1) is 5.92 Å². The highest BCUT2D eigenvalue weighted by Crippen LogP contribution is 2.26. The number of aromatic amines is 2. The fourth-order valence-corrected chi connectivity index (χ4v) is 12.9. The second kappa shape index (κ2) is 37.0. The Labute approximate surface area is 598 Å². The number of unbranched alkanes of at least 4 members (excludes halogenated alkanes) is 1. The van der Waals surface area contributed by atoms with E-state index in [1.807, 2.05) is 44.2 Å². The largest absolute Gasteiger partial charge is 0.370 e. The van der Waals surface area contributed by atoms with Crippen molar-refractivity contribution < 1.29 is 57.5 Å². The third-order valence-electron chi connectivity index (χ3n) is 18.6. The highest BCUT2D eigenvalue weighted by atomic mass is 16.2. The summed E-state index contributed by atoms with van der Waals surface area (Å²) in [7, 11) is 0. The average molecular weight is 1430 g/mol. The molecule has 9 atom stereocenters. The van der Waals surface area contributed by atoms with Gasteiger partial charge in [-0.1, -0.05) is 80.6 Å². The van der Waals surface area contributed by atoms with Gasteiger partial charge in [-0.15, -0.1) is 0 Å². The van der Waals surface area contributed by atoms with Crippen molar-refractivity contribution in [1.82, 2.24) is 62.3 Å². The number of aliphatic imine (C=N–C) groups is 1. The molecule has 0 radical (unpaired) electrons. The van der Waals surface area contributed by atoms with Gasteiger partial charge in [0.05, 0.1) is 6.04 Å². The van der Waals surface area contributed by atoms with E-state index in [4.69, 9.17) is 34.4 Å². The van der Waals surface area contributed by atoms with Crippen LogP contribution in [0.2, 0.25) is 0 Å². The first-order valence-corrected chi connectivity index (χ1v) is 35.2. The van der Waals surface area contributed by atoms with Crippen LogP contribution in [0.3, 0.4) is 0 Å². The number of fused-ring (bicyclic) bond motifs is 2. The number of benzene rings is 3. The lowest BCUT2D eigenvalue weighted by molar-refractivity contribution is -0.144. The van der Waals surface area contributed by atoms with E-state index in [2.05, 4.69) is 57.5 Å². The zero-order valence-corrected chi connectivity index (χ0v) is 59.6. The number of hydrogen-bond acceptors (Lipinski definition) is 15. The van der Waals surface area contributed by atoms with Crippen LogP contribution in [0.4, 0.5) is 0 Å². The smallest absolute Gasteiger partial charge is 0.245 e. The van der Waals surface area contributed by atoms with Crippen LogP contribution >= 0.6 is 0 Å². The number of likely N-dealkylation sites (tertiary alicyclic amines) is 2. The quantitative estimate of drug-likeness (QED) is 0.0137. The fraction of sp³-hybridized carbons (Fsp3) is 0.514. The lowest BCUT2D eigenvalue weighted by Gasteiger charge is -2.33. The zero-order chi connectivity index (χ0) is 75.3. The van der Waals surface area contributed by atoms with Crippen molar-refractivity contribution in [1.29, 1.82) is 0 Å². The Bertz CT molecular complexity index is 3870. The molecule has 0 unspecified atom stereocenters. The van der Waals surface area contributed by atoms with Gasteiger partial charge in [-0.25, -0.2) is 0 Å². The first kappa shape index (κ1) is 79.9. The number of nitrogens with zero attached hydrogens (tertiary/aromatic N) is 3. The van der Waals surface area contributed by atoms with E-state index in [0.717, 1.165) is 10.9 Å². The van der Waals surface area contributed by atoms with Gasteiger partial charge in [0.25, 0.3) is 0 Å². The van der Waals surface area contributed by atoms with Crippen LogP contribution < -0.4 is 76.9 Å². The van der Waals surface area contributed by atoms with E-state index in [1.54, 1.807) is 60.9 Å². The summed E-state index contributed by atoms with van der Waals surface area (Å²) < 4.78 is 0. The van der Waals surface area contributed by atoms with Crippen LogP contribution in [0.1, 0.15) is 135 Å². The Morgan fingerprint density at radius 3 is 1.56 bits per heavy atom. The summed E-state index contributed by atoms with van der Waals surface area (Å²) in [5, 5.41) is 23.5. The molecule has 2 aliphatic rings. The molecule has 0 bridgehead atoms. The maximum absolute atomic E-state index is 15.3. The van der Waals surface area contributed by atoms with E-state index >= 15 is 9.59 Å². The summed E-state index contributed by atoms with van der Waals surface area (Å²) >= 11 is 0. The van der Waals surface area contributed by atoms with E-state index < -0.39 is 143 Å². The summed E-state index contributed by atoms with van der Waals surface area (Å²) in [6.45, 7) is 10.3. The Kier molecular flexibility index (Phi) is 28.7. The van der Waals surface area contributed by atoms with Gasteiger partial charge in [0.1, 0.15) is 59.4 Å². The maximum Gasteiger partial charge on any atom is 0.245 e. The number of primary amides is 2. The Morgan fingerprint density at radius 1 is 0.534 bits per heavy atom. The summed E-state index contributed by atoms with van der Waals surface area (Å²) in [5.41, 5.74) is 34.0. The predicted molar refractivity (Wildman–Crippen MR) is 388 cm³/mol. The minimum absolute atomic E-state index is 0.0272. The molecule has 0 saturated carbocycles. The standard InChI is InChI=1S/C72H103N19O12/c1-41(2)35-52(59(76)93)87-69(103)71(3,4)88-63(97)55(38-44-40-81-49-25-13-11-22-46(44)49)85-61(95)53(36-42-19-8-7-9-20-42)83-62(96)54(37-43-39-80-48-24-12-10-21-45(43)48)84-60(94)50(29-30-58(75)92)86-68(102)72(5,6)89-65(99)57-28-18-34-91(57)67(101)51(26-14-15-31-73)82-64(98)56-27-17-33-90(56)66(100)47(74)23-16-32-79-70(77)78/h7-13,19-22,24-25,39-41,47,50-57,80-81H,14-18,23,26-38,73-74H2,1-6H3,(H2,75,92)(H2,76,93)(H,82,98)(H,83,96)(H,84,94)(H,85,95)(H,86,102)(H,87,103)(H,88,97)(H,89,99)(H4,77,78,79)/t47-,50+,51+,52+,53+,54-,55-,56+,57+/m1/s1. The molecule has 103 heavy (non-hydrogen) atoms. The maximum atomic E-state index is 15.3. The van der Waals surface area contributed by atoms with Crippen LogP contribution in [-0.2, 0) is 76.8 Å². The van der Waals surface area contributed by atoms with Gasteiger partial charge in [-0.2, -0.15) is 0 Å². The van der Waals surface area contributed by atoms with Crippen molar-refractivity contribution in [2.45, 2.75) is 203 Å². The summed E-state index contributed by atoms with van der Waals surface area (Å²) in [6.07, 6.45) is 5.48. The minimum atomic E-state index is -1.83. The molecule has 12 amide bonds. The normalized spacial score (nSPS) is 16.6. The van der Waals surface area contributed by atoms with Crippen LogP contribution in [-0.4, -0.2) is 188 Å². The third kappa shape index (κ3) is 22.5. The number of nitrogens with two attached hydrogens (primary N) is 6. The monoisotopic (exact) mass is 1430 g/mol. The number of rotatable bonds is 38. The van der Waals surface area contributed by atoms with Crippen molar-refractivity contribution >= 4 is 98.7 Å². The number of aromatic nitrogens is 2. The molecule has 2 aromatic heterocycles. The number of amides is 12. The molecule has 5 aromatic rings. The molecule has 22 N–H and O–H groups in total. The number of guanidine groups is 1. The number of H-pyrrole nitrogens is 2. The van der Waals surface area contributed by atoms with Crippen LogP contribution in [0.25, 0.3) is 21.8 Å². The Morgan fingerprint density at radius 2 is 1.03 bits per heavy atom. The van der Waals surface area contributed by atoms with E-state index in [1.165, 1.54) is 37.5 Å². The second-order valence-corrected chi connectivity index (χ2v) is 28.1. The molecular formula is C72H103N19O12. The van der Waals surface area contributed by atoms with Gasteiger partial charge in [0, 0.05) is 79.5 Å². The number of hydrogen-bond donors (Lipinski definition) is 16. The van der Waals surface area contributed by atoms with Gasteiger partial charge in [0.15, 0.2) is 5.96 Å². The minimum Gasteiger partial charge on any atom is -0.370 e. The van der Waals surface area contributed by atoms with Crippen molar-refractivity contribution in [2.24, 2.45) is 45.3 Å². The molecule has 2 fully saturated rings. The van der Waals surface area contributed by atoms with Gasteiger partial charge < -0.3 is 96.7 Å². The topological polar surface area (TPSA) is 508 Å². The molecule has 4 heterocycles. The molecule has 558 valence electrons. The van der Waals surface area contributed by atoms with E-state index in [0.29, 0.717) is 72.7 Å². The molecule has 3 aromatic carbocycles. The molecule has 0 aliphatic carbocycles. The Hall–Kier alpha value is -10.4. The number of para-hydroxylation sites is 2. The lowest BCUT2D eigenvalue weighted by Crippen LogP contribution is -2.63. The van der Waals surface area contributed by atoms with Gasteiger partial charge >= 0.3 is 0 Å². The molecule has 2 aliphatic heterocycles.